The van der Waals surface area contributed by atoms with Crippen molar-refractivity contribution in [2.24, 2.45) is 0 Å². The minimum absolute atomic E-state index is 0.105. The van der Waals surface area contributed by atoms with Crippen LogP contribution in [0.15, 0.2) is 122 Å². The average Bonchev–Trinajstić information content (AvgIpc) is 3.38. The minimum Gasteiger partial charge on any atom is -0.462 e. The van der Waals surface area contributed by atoms with Crippen LogP contribution in [0.2, 0.25) is 0 Å². The van der Waals surface area contributed by atoms with Crippen molar-refractivity contribution in [2.45, 2.75) is 264 Å². The molecule has 0 saturated heterocycles. The molecule has 6 nitrogen and oxygen atoms in total. The molecule has 0 aliphatic carbocycles. The van der Waals surface area contributed by atoms with Crippen LogP contribution >= 0.6 is 0 Å². The third kappa shape index (κ3) is 56.7. The fourth-order valence-electron chi connectivity index (χ4n) is 7.79. The first kappa shape index (κ1) is 67.8. The van der Waals surface area contributed by atoms with Crippen LogP contribution in [-0.2, 0) is 28.6 Å². The van der Waals surface area contributed by atoms with Crippen molar-refractivity contribution >= 4 is 17.9 Å². The first-order valence-corrected chi connectivity index (χ1v) is 29.5. The molecule has 0 radical (unpaired) electrons. The maximum atomic E-state index is 12.8. The fraction of sp³-hybridized carbons (Fsp3) is 0.652. The Morgan fingerprint density at radius 3 is 0.889 bits per heavy atom. The lowest BCUT2D eigenvalue weighted by Gasteiger charge is -2.18. The Balaban J connectivity index is 4.26. The monoisotopic (exact) mass is 997 g/mol. The third-order valence-corrected chi connectivity index (χ3v) is 12.2. The van der Waals surface area contributed by atoms with E-state index >= 15 is 0 Å². The molecule has 0 spiro atoms. The van der Waals surface area contributed by atoms with E-state index in [1.807, 2.05) is 0 Å². The van der Waals surface area contributed by atoms with Crippen molar-refractivity contribution in [2.75, 3.05) is 13.2 Å². The van der Waals surface area contributed by atoms with Gasteiger partial charge in [0.1, 0.15) is 13.2 Å². The van der Waals surface area contributed by atoms with E-state index in [9.17, 15) is 14.4 Å². The molecule has 0 N–H and O–H groups in total. The second kappa shape index (κ2) is 59.4. The van der Waals surface area contributed by atoms with E-state index in [4.69, 9.17) is 14.2 Å². The van der Waals surface area contributed by atoms with Crippen LogP contribution in [0.5, 0.6) is 0 Å². The lowest BCUT2D eigenvalue weighted by Crippen LogP contribution is -2.30. The largest absolute Gasteiger partial charge is 0.462 e. The van der Waals surface area contributed by atoms with Gasteiger partial charge in [0.05, 0.1) is 0 Å². The summed E-state index contributed by atoms with van der Waals surface area (Å²) in [6.07, 6.45) is 82.3. The quantitative estimate of drug-likeness (QED) is 0.0261. The maximum Gasteiger partial charge on any atom is 0.306 e. The maximum absolute atomic E-state index is 12.8. The van der Waals surface area contributed by atoms with Crippen molar-refractivity contribution in [1.29, 1.82) is 0 Å². The van der Waals surface area contributed by atoms with E-state index < -0.39 is 6.10 Å². The van der Waals surface area contributed by atoms with Crippen LogP contribution in [-0.4, -0.2) is 37.2 Å². The van der Waals surface area contributed by atoms with Crippen LogP contribution in [0.3, 0.4) is 0 Å². The van der Waals surface area contributed by atoms with E-state index in [0.29, 0.717) is 19.3 Å². The van der Waals surface area contributed by atoms with Crippen molar-refractivity contribution < 1.29 is 28.6 Å². The first-order chi connectivity index (χ1) is 35.5. The summed E-state index contributed by atoms with van der Waals surface area (Å²) in [6.45, 7) is 6.40. The molecule has 0 aliphatic rings. The zero-order chi connectivity index (χ0) is 52.2. The molecular weight excluding hydrogens is 889 g/mol. The Kier molecular flexibility index (Phi) is 55.9. The van der Waals surface area contributed by atoms with Gasteiger partial charge in [-0.1, -0.05) is 251 Å². The number of hydrogen-bond acceptors (Lipinski definition) is 6. The molecule has 6 heteroatoms. The van der Waals surface area contributed by atoms with Gasteiger partial charge in [0.2, 0.25) is 0 Å². The molecule has 72 heavy (non-hydrogen) atoms. The molecule has 0 bridgehead atoms. The molecule has 0 heterocycles. The van der Waals surface area contributed by atoms with Crippen LogP contribution in [0, 0.1) is 0 Å². The van der Waals surface area contributed by atoms with Crippen LogP contribution in [0.25, 0.3) is 0 Å². The molecule has 1 atom stereocenters. The second-order valence-corrected chi connectivity index (χ2v) is 19.2. The van der Waals surface area contributed by atoms with E-state index in [-0.39, 0.29) is 37.5 Å². The molecule has 0 aromatic heterocycles. The highest BCUT2D eigenvalue weighted by atomic mass is 16.6. The summed E-state index contributed by atoms with van der Waals surface area (Å²) in [5, 5.41) is 0. The highest BCUT2D eigenvalue weighted by Crippen LogP contribution is 2.14. The van der Waals surface area contributed by atoms with E-state index in [2.05, 4.69) is 142 Å². The number of rotatable bonds is 52. The number of hydrogen-bond donors (Lipinski definition) is 0. The van der Waals surface area contributed by atoms with Crippen molar-refractivity contribution in [3.63, 3.8) is 0 Å². The van der Waals surface area contributed by atoms with Crippen molar-refractivity contribution in [3.05, 3.63) is 122 Å². The molecule has 408 valence electrons. The van der Waals surface area contributed by atoms with Crippen LogP contribution in [0.1, 0.15) is 258 Å². The first-order valence-electron chi connectivity index (χ1n) is 29.5. The standard InChI is InChI=1S/C66H108O6/c1-4-7-10-13-16-18-20-22-24-26-28-30-32-33-35-36-38-40-42-44-46-48-50-53-56-59-65(68)71-62-63(61-70-64(67)58-55-52-15-12-9-6-3)72-66(69)60-57-54-51-49-47-45-43-41-39-37-34-31-29-27-25-23-21-19-17-14-11-8-5-2/h8,11,17,19-20,22-23,25-26,28-29,31-33,37,39,43,45,49,51,63H,4-7,9-10,12-16,18,21,24,27,30,34-36,38,40-42,44,46-48,50,52-62H2,1-3H3/b11-8-,19-17-,22-20-,25-23-,28-26-,31-29-,33-32-,39-37-,45-43-,51-49-. The number of carbonyl (C=O) groups is 3. The summed E-state index contributed by atoms with van der Waals surface area (Å²) < 4.78 is 16.7. The van der Waals surface area contributed by atoms with Gasteiger partial charge >= 0.3 is 17.9 Å². The fourth-order valence-corrected chi connectivity index (χ4v) is 7.79. The van der Waals surface area contributed by atoms with Gasteiger partial charge in [0.15, 0.2) is 6.10 Å². The lowest BCUT2D eigenvalue weighted by atomic mass is 10.1. The van der Waals surface area contributed by atoms with Gasteiger partial charge in [-0.05, 0) is 109 Å². The van der Waals surface area contributed by atoms with Crippen LogP contribution < -0.4 is 0 Å². The number of ether oxygens (including phenoxy) is 3. The van der Waals surface area contributed by atoms with Gasteiger partial charge < -0.3 is 14.2 Å². The highest BCUT2D eigenvalue weighted by molar-refractivity contribution is 5.71. The molecule has 0 saturated carbocycles. The summed E-state index contributed by atoms with van der Waals surface area (Å²) in [5.41, 5.74) is 0. The summed E-state index contributed by atoms with van der Waals surface area (Å²) in [4.78, 5) is 37.9. The Hall–Kier alpha value is -4.19. The van der Waals surface area contributed by atoms with Crippen molar-refractivity contribution in [3.8, 4) is 0 Å². The Morgan fingerprint density at radius 1 is 0.292 bits per heavy atom. The summed E-state index contributed by atoms with van der Waals surface area (Å²) >= 11 is 0. The van der Waals surface area contributed by atoms with Gasteiger partial charge in [-0.3, -0.25) is 14.4 Å². The summed E-state index contributed by atoms with van der Waals surface area (Å²) in [6, 6.07) is 0. The van der Waals surface area contributed by atoms with Gasteiger partial charge in [0, 0.05) is 19.3 Å². The molecule has 0 amide bonds. The summed E-state index contributed by atoms with van der Waals surface area (Å²) in [5.74, 6) is -0.981. The Labute approximate surface area is 443 Å². The minimum atomic E-state index is -0.811. The molecule has 0 aromatic carbocycles. The third-order valence-electron chi connectivity index (χ3n) is 12.2. The van der Waals surface area contributed by atoms with Crippen molar-refractivity contribution in [1.82, 2.24) is 0 Å². The average molecular weight is 998 g/mol. The lowest BCUT2D eigenvalue weighted by molar-refractivity contribution is -0.167. The number of allylic oxidation sites excluding steroid dienone is 20. The van der Waals surface area contributed by atoms with E-state index in [0.717, 1.165) is 103 Å². The number of esters is 3. The Morgan fingerprint density at radius 2 is 0.556 bits per heavy atom. The number of carbonyl (C=O) groups excluding carboxylic acids is 3. The van der Waals surface area contributed by atoms with Crippen LogP contribution in [0.4, 0.5) is 0 Å². The Bertz CT molecular complexity index is 1520. The normalized spacial score (nSPS) is 13.0. The van der Waals surface area contributed by atoms with E-state index in [1.54, 1.807) is 0 Å². The molecule has 0 fully saturated rings. The van der Waals surface area contributed by atoms with Gasteiger partial charge in [0.25, 0.3) is 0 Å². The highest BCUT2D eigenvalue weighted by Gasteiger charge is 2.19. The van der Waals surface area contributed by atoms with Gasteiger partial charge in [-0.25, -0.2) is 0 Å². The summed E-state index contributed by atoms with van der Waals surface area (Å²) in [7, 11) is 0. The molecule has 0 aromatic rings. The molecule has 1 unspecified atom stereocenters. The van der Waals surface area contributed by atoms with E-state index in [1.165, 1.54) is 109 Å². The number of unbranched alkanes of at least 4 members (excludes halogenated alkanes) is 21. The predicted octanol–water partition coefficient (Wildman–Crippen LogP) is 20.0. The topological polar surface area (TPSA) is 78.9 Å². The zero-order valence-corrected chi connectivity index (χ0v) is 46.7. The molecule has 0 aliphatic heterocycles. The molecular formula is C66H108O6. The SMILES string of the molecule is CC/C=C\C/C=C\C/C=C\C/C=C\C/C=C\C/C=C\C/C=C\CCCC(=O)OC(COC(=O)CCCCCCCC)COC(=O)CCCCCCCCCCCC/C=C\C/C=C\C/C=C\CCCCCCC. The van der Waals surface area contributed by atoms with Gasteiger partial charge in [-0.2, -0.15) is 0 Å². The predicted molar refractivity (Wildman–Crippen MR) is 311 cm³/mol. The van der Waals surface area contributed by atoms with Gasteiger partial charge in [-0.15, -0.1) is 0 Å². The molecule has 0 rings (SSSR count). The zero-order valence-electron chi connectivity index (χ0n) is 46.7. The second-order valence-electron chi connectivity index (χ2n) is 19.2. The smallest absolute Gasteiger partial charge is 0.306 e.